The summed E-state index contributed by atoms with van der Waals surface area (Å²) in [5.41, 5.74) is 0.283. The van der Waals surface area contributed by atoms with Gasteiger partial charge >= 0.3 is 0 Å². The number of nitrogens with zero attached hydrogens (tertiary/aromatic N) is 2. The zero-order valence-electron chi connectivity index (χ0n) is 12.3. The number of rotatable bonds is 3. The number of hydrogen-bond acceptors (Lipinski definition) is 4. The first kappa shape index (κ1) is 15.3. The lowest BCUT2D eigenvalue weighted by Gasteiger charge is -2.26. The summed E-state index contributed by atoms with van der Waals surface area (Å²) in [5.74, 6) is 0.773. The quantitative estimate of drug-likeness (QED) is 0.903. The second-order valence-corrected chi connectivity index (χ2v) is 6.50. The van der Waals surface area contributed by atoms with E-state index in [1.54, 1.807) is 37.0 Å². The minimum absolute atomic E-state index is 0.0706. The average Bonchev–Trinajstić information content (AvgIpc) is 3.16. The van der Waals surface area contributed by atoms with Crippen LogP contribution in [-0.2, 0) is 9.59 Å². The molecule has 2 aliphatic heterocycles. The molecule has 2 fully saturated rings. The highest BCUT2D eigenvalue weighted by Gasteiger charge is 2.39. The molecule has 5 nitrogen and oxygen atoms in total. The van der Waals surface area contributed by atoms with Gasteiger partial charge in [0.15, 0.2) is 0 Å². The molecule has 2 aliphatic rings. The first-order valence-corrected chi connectivity index (χ1v) is 8.39. The van der Waals surface area contributed by atoms with Crippen LogP contribution in [0.4, 0.5) is 10.1 Å². The van der Waals surface area contributed by atoms with E-state index in [9.17, 15) is 14.0 Å². The van der Waals surface area contributed by atoms with Crippen molar-refractivity contribution in [3.63, 3.8) is 0 Å². The Morgan fingerprint density at radius 1 is 1.45 bits per heavy atom. The van der Waals surface area contributed by atoms with Gasteiger partial charge in [-0.1, -0.05) is 12.1 Å². The topological polar surface area (TPSA) is 52.7 Å². The van der Waals surface area contributed by atoms with E-state index in [0.717, 1.165) is 11.6 Å². The number of halogens is 1. The van der Waals surface area contributed by atoms with E-state index in [-0.39, 0.29) is 23.5 Å². The Labute approximate surface area is 132 Å². The first-order valence-electron chi connectivity index (χ1n) is 7.23. The lowest BCUT2D eigenvalue weighted by molar-refractivity contribution is -0.137. The molecular formula is C15H18FN3O2S. The summed E-state index contributed by atoms with van der Waals surface area (Å²) in [5, 5.41) is 3.11. The maximum absolute atomic E-state index is 13.9. The molecular weight excluding hydrogens is 305 g/mol. The number of hydrogen-bond donors (Lipinski definition) is 1. The van der Waals surface area contributed by atoms with E-state index in [0.29, 0.717) is 13.0 Å². The molecule has 1 aromatic rings. The van der Waals surface area contributed by atoms with Gasteiger partial charge in [0.1, 0.15) is 11.9 Å². The minimum atomic E-state index is -0.514. The third-order valence-corrected chi connectivity index (χ3v) is 5.09. The maximum atomic E-state index is 13.9. The van der Waals surface area contributed by atoms with Gasteiger partial charge in [-0.15, -0.1) is 11.8 Å². The van der Waals surface area contributed by atoms with Crippen molar-refractivity contribution < 1.29 is 14.0 Å². The van der Waals surface area contributed by atoms with Gasteiger partial charge in [0.2, 0.25) is 11.8 Å². The van der Waals surface area contributed by atoms with Crippen LogP contribution in [0.15, 0.2) is 24.3 Å². The van der Waals surface area contributed by atoms with E-state index < -0.39 is 11.9 Å². The molecule has 7 heteroatoms. The molecule has 2 atom stereocenters. The van der Waals surface area contributed by atoms with Crippen molar-refractivity contribution in [2.45, 2.75) is 18.5 Å². The number of benzene rings is 1. The van der Waals surface area contributed by atoms with Gasteiger partial charge in [-0.05, 0) is 18.6 Å². The van der Waals surface area contributed by atoms with Gasteiger partial charge in [0.05, 0.1) is 11.7 Å². The van der Waals surface area contributed by atoms with Crippen LogP contribution in [0.1, 0.15) is 6.42 Å². The largest absolute Gasteiger partial charge is 0.332 e. The highest BCUT2D eigenvalue weighted by molar-refractivity contribution is 7.99. The highest BCUT2D eigenvalue weighted by atomic mass is 32.2. The first-order chi connectivity index (χ1) is 10.6. The Morgan fingerprint density at radius 2 is 2.23 bits per heavy atom. The summed E-state index contributed by atoms with van der Waals surface area (Å²) in [6, 6.07) is 5.48. The van der Waals surface area contributed by atoms with Crippen molar-refractivity contribution in [3.05, 3.63) is 30.1 Å². The average molecular weight is 323 g/mol. The van der Waals surface area contributed by atoms with Crippen molar-refractivity contribution in [2.75, 3.05) is 30.1 Å². The zero-order valence-corrected chi connectivity index (χ0v) is 13.1. The Morgan fingerprint density at radius 3 is 2.91 bits per heavy atom. The molecule has 22 heavy (non-hydrogen) atoms. The molecule has 0 radical (unpaired) electrons. The van der Waals surface area contributed by atoms with E-state index in [2.05, 4.69) is 5.32 Å². The number of anilines is 1. The van der Waals surface area contributed by atoms with Crippen molar-refractivity contribution in [1.82, 2.24) is 10.2 Å². The third-order valence-electron chi connectivity index (χ3n) is 4.15. The van der Waals surface area contributed by atoms with Crippen LogP contribution in [0, 0.1) is 5.82 Å². The van der Waals surface area contributed by atoms with E-state index in [4.69, 9.17) is 0 Å². The summed E-state index contributed by atoms with van der Waals surface area (Å²) < 4.78 is 13.9. The van der Waals surface area contributed by atoms with Crippen LogP contribution in [0.3, 0.4) is 0 Å². The summed E-state index contributed by atoms with van der Waals surface area (Å²) in [7, 11) is 1.65. The van der Waals surface area contributed by atoms with Crippen molar-refractivity contribution in [2.24, 2.45) is 0 Å². The van der Waals surface area contributed by atoms with Crippen molar-refractivity contribution in [3.8, 4) is 0 Å². The highest BCUT2D eigenvalue weighted by Crippen LogP contribution is 2.26. The molecule has 1 N–H and O–H groups in total. The summed E-state index contributed by atoms with van der Waals surface area (Å²) >= 11 is 1.67. The molecule has 118 valence electrons. The summed E-state index contributed by atoms with van der Waals surface area (Å²) in [6.45, 7) is 0.425. The van der Waals surface area contributed by atoms with E-state index >= 15 is 0 Å². The van der Waals surface area contributed by atoms with Gasteiger partial charge in [-0.25, -0.2) is 4.39 Å². The van der Waals surface area contributed by atoms with Gasteiger partial charge < -0.3 is 9.80 Å². The van der Waals surface area contributed by atoms with Crippen LogP contribution in [-0.4, -0.2) is 54.0 Å². The number of thioether (sulfide) groups is 1. The number of likely N-dealkylation sites (N-methyl/N-ethyl adjacent to an activating group) is 1. The van der Waals surface area contributed by atoms with E-state index in [1.807, 2.05) is 0 Å². The molecule has 0 aromatic heterocycles. The standard InChI is InChI=1S/C15H18FN3O2S/c1-18(14(20)11-8-22-9-17-11)13-6-7-19(15(13)21)12-5-3-2-4-10(12)16/h2-5,11,13,17H,6-9H2,1H3/t11-,13-/m0/s1. The lowest BCUT2D eigenvalue weighted by atomic mass is 10.2. The van der Waals surface area contributed by atoms with Crippen LogP contribution >= 0.6 is 11.8 Å². The third kappa shape index (κ3) is 2.70. The predicted octanol–water partition coefficient (Wildman–Crippen LogP) is 1.05. The van der Waals surface area contributed by atoms with Gasteiger partial charge in [0, 0.05) is 25.2 Å². The number of amides is 2. The second kappa shape index (κ2) is 6.26. The normalized spacial score (nSPS) is 24.8. The molecule has 2 heterocycles. The minimum Gasteiger partial charge on any atom is -0.332 e. The maximum Gasteiger partial charge on any atom is 0.249 e. The smallest absolute Gasteiger partial charge is 0.249 e. The zero-order chi connectivity index (χ0) is 15.7. The molecule has 2 saturated heterocycles. The van der Waals surface area contributed by atoms with Gasteiger partial charge in [-0.3, -0.25) is 14.9 Å². The SMILES string of the molecule is CN(C(=O)[C@@H]1CSCN1)[C@H]1CCN(c2ccccc2F)C1=O. The molecule has 0 unspecified atom stereocenters. The fraction of sp³-hybridized carbons (Fsp3) is 0.467. The molecule has 0 aliphatic carbocycles. The Balaban J connectivity index is 1.73. The van der Waals surface area contributed by atoms with Crippen molar-refractivity contribution in [1.29, 1.82) is 0 Å². The Hall–Kier alpha value is -1.60. The van der Waals surface area contributed by atoms with Gasteiger partial charge in [0.25, 0.3) is 0 Å². The monoisotopic (exact) mass is 323 g/mol. The number of carbonyl (C=O) groups is 2. The summed E-state index contributed by atoms with van der Waals surface area (Å²) in [4.78, 5) is 27.9. The fourth-order valence-corrected chi connectivity index (χ4v) is 3.82. The number of carbonyl (C=O) groups excluding carboxylic acids is 2. The fourth-order valence-electron chi connectivity index (χ4n) is 2.89. The lowest BCUT2D eigenvalue weighted by Crippen LogP contribution is -2.50. The number of nitrogens with one attached hydrogen (secondary N) is 1. The van der Waals surface area contributed by atoms with Crippen LogP contribution < -0.4 is 10.2 Å². The molecule has 0 bridgehead atoms. The molecule has 0 saturated carbocycles. The molecule has 1 aromatic carbocycles. The van der Waals surface area contributed by atoms with Crippen molar-refractivity contribution >= 4 is 29.3 Å². The van der Waals surface area contributed by atoms with Crippen LogP contribution in [0.25, 0.3) is 0 Å². The second-order valence-electron chi connectivity index (χ2n) is 5.47. The van der Waals surface area contributed by atoms with E-state index in [1.165, 1.54) is 15.9 Å². The van der Waals surface area contributed by atoms with Crippen LogP contribution in [0.5, 0.6) is 0 Å². The molecule has 2 amide bonds. The predicted molar refractivity (Wildman–Crippen MR) is 84.2 cm³/mol. The van der Waals surface area contributed by atoms with Crippen LogP contribution in [0.2, 0.25) is 0 Å². The molecule has 3 rings (SSSR count). The number of para-hydroxylation sites is 1. The Kier molecular flexibility index (Phi) is 4.35. The Bertz CT molecular complexity index is 592. The molecule has 0 spiro atoms. The van der Waals surface area contributed by atoms with Gasteiger partial charge in [-0.2, -0.15) is 0 Å². The summed E-state index contributed by atoms with van der Waals surface area (Å²) in [6.07, 6.45) is 0.523.